The van der Waals surface area contributed by atoms with Gasteiger partial charge in [-0.25, -0.2) is 4.39 Å². The van der Waals surface area contributed by atoms with Crippen LogP contribution in [0.4, 0.5) is 4.39 Å². The van der Waals surface area contributed by atoms with Gasteiger partial charge in [0.2, 0.25) is 0 Å². The molecule has 0 aliphatic rings. The van der Waals surface area contributed by atoms with Crippen LogP contribution in [0.2, 0.25) is 0 Å². The van der Waals surface area contributed by atoms with E-state index in [4.69, 9.17) is 9.47 Å². The SMILES string of the molecule is COc1cc(C(C)=O)ccc1OCC(=O)N[C@@H](c1ccc(F)cc1)C(C)C. The lowest BCUT2D eigenvalue weighted by atomic mass is 9.96. The van der Waals surface area contributed by atoms with Gasteiger partial charge in [-0.1, -0.05) is 26.0 Å². The summed E-state index contributed by atoms with van der Waals surface area (Å²) in [5, 5.41) is 2.91. The van der Waals surface area contributed by atoms with E-state index < -0.39 is 0 Å². The van der Waals surface area contributed by atoms with Gasteiger partial charge >= 0.3 is 0 Å². The van der Waals surface area contributed by atoms with Crippen molar-refractivity contribution < 1.29 is 23.5 Å². The van der Waals surface area contributed by atoms with E-state index in [0.717, 1.165) is 5.56 Å². The van der Waals surface area contributed by atoms with E-state index >= 15 is 0 Å². The average molecular weight is 373 g/mol. The lowest BCUT2D eigenvalue weighted by Crippen LogP contribution is -2.35. The van der Waals surface area contributed by atoms with Crippen LogP contribution >= 0.6 is 0 Å². The van der Waals surface area contributed by atoms with E-state index in [0.29, 0.717) is 17.1 Å². The zero-order chi connectivity index (χ0) is 20.0. The Morgan fingerprint density at radius 1 is 1.07 bits per heavy atom. The molecule has 144 valence electrons. The van der Waals surface area contributed by atoms with E-state index in [2.05, 4.69) is 5.32 Å². The van der Waals surface area contributed by atoms with Crippen LogP contribution in [0.1, 0.15) is 42.7 Å². The highest BCUT2D eigenvalue weighted by Gasteiger charge is 2.19. The molecule has 0 aliphatic carbocycles. The summed E-state index contributed by atoms with van der Waals surface area (Å²) in [4.78, 5) is 23.8. The first-order valence-corrected chi connectivity index (χ1v) is 8.68. The molecule has 0 radical (unpaired) electrons. The Kier molecular flexibility index (Phi) is 6.93. The zero-order valence-electron chi connectivity index (χ0n) is 15.9. The second kappa shape index (κ2) is 9.16. The summed E-state index contributed by atoms with van der Waals surface area (Å²) in [6.45, 7) is 5.20. The van der Waals surface area contributed by atoms with Gasteiger partial charge in [-0.3, -0.25) is 9.59 Å². The standard InChI is InChI=1S/C21H24FNO4/c1-13(2)21(15-5-8-17(22)9-6-15)23-20(25)12-27-18-10-7-16(14(3)24)11-19(18)26-4/h5-11,13,21H,12H2,1-4H3,(H,23,25)/t21-/m1/s1. The van der Waals surface area contributed by atoms with Crippen LogP contribution in [-0.4, -0.2) is 25.4 Å². The van der Waals surface area contributed by atoms with E-state index in [1.54, 1.807) is 30.3 Å². The number of ether oxygens (including phenoxy) is 2. The fourth-order valence-corrected chi connectivity index (χ4v) is 2.67. The molecule has 1 atom stereocenters. The van der Waals surface area contributed by atoms with Crippen LogP contribution in [0.15, 0.2) is 42.5 Å². The van der Waals surface area contributed by atoms with Crippen molar-refractivity contribution in [2.24, 2.45) is 5.92 Å². The summed E-state index contributed by atoms with van der Waals surface area (Å²) in [6, 6.07) is 10.6. The highest BCUT2D eigenvalue weighted by molar-refractivity contribution is 5.94. The number of Topliss-reactive ketones (excluding diaryl/α,β-unsaturated/α-hetero) is 1. The number of amides is 1. The first-order valence-electron chi connectivity index (χ1n) is 8.68. The van der Waals surface area contributed by atoms with Crippen molar-refractivity contribution in [2.45, 2.75) is 26.8 Å². The summed E-state index contributed by atoms with van der Waals surface area (Å²) < 4.78 is 23.9. The highest BCUT2D eigenvalue weighted by atomic mass is 19.1. The molecule has 0 aliphatic heterocycles. The number of rotatable bonds is 8. The van der Waals surface area contributed by atoms with Crippen molar-refractivity contribution in [1.82, 2.24) is 5.32 Å². The van der Waals surface area contributed by atoms with Crippen LogP contribution < -0.4 is 14.8 Å². The molecule has 2 rings (SSSR count). The van der Waals surface area contributed by atoms with E-state index in [1.807, 2.05) is 13.8 Å². The van der Waals surface area contributed by atoms with Crippen LogP contribution in [-0.2, 0) is 4.79 Å². The average Bonchev–Trinajstić information content (AvgIpc) is 2.64. The van der Waals surface area contributed by atoms with Gasteiger partial charge in [-0.15, -0.1) is 0 Å². The summed E-state index contributed by atoms with van der Waals surface area (Å²) in [5.74, 6) is 0.156. The number of ketones is 1. The Morgan fingerprint density at radius 3 is 2.30 bits per heavy atom. The van der Waals surface area contributed by atoms with Gasteiger partial charge in [0.05, 0.1) is 13.2 Å². The monoisotopic (exact) mass is 373 g/mol. The normalized spacial score (nSPS) is 11.8. The molecule has 5 nitrogen and oxygen atoms in total. The fourth-order valence-electron chi connectivity index (χ4n) is 2.67. The van der Waals surface area contributed by atoms with E-state index in [1.165, 1.54) is 26.2 Å². The predicted molar refractivity (Wildman–Crippen MR) is 101 cm³/mol. The Bertz CT molecular complexity index is 802. The molecular formula is C21H24FNO4. The Hall–Kier alpha value is -2.89. The quantitative estimate of drug-likeness (QED) is 0.712. The number of carbonyl (C=O) groups is 2. The molecule has 2 aromatic carbocycles. The van der Waals surface area contributed by atoms with Crippen LogP contribution in [0.25, 0.3) is 0 Å². The minimum absolute atomic E-state index is 0.0864. The zero-order valence-corrected chi connectivity index (χ0v) is 15.9. The number of methoxy groups -OCH3 is 1. The third-order valence-electron chi connectivity index (χ3n) is 4.14. The first kappa shape index (κ1) is 20.4. The van der Waals surface area contributed by atoms with Gasteiger partial charge < -0.3 is 14.8 Å². The van der Waals surface area contributed by atoms with Gasteiger partial charge in [0.1, 0.15) is 5.82 Å². The Balaban J connectivity index is 2.04. The van der Waals surface area contributed by atoms with Crippen molar-refractivity contribution in [3.63, 3.8) is 0 Å². The molecule has 0 fully saturated rings. The topological polar surface area (TPSA) is 64.6 Å². The maximum Gasteiger partial charge on any atom is 0.258 e. The number of hydrogen-bond donors (Lipinski definition) is 1. The third-order valence-corrected chi connectivity index (χ3v) is 4.14. The molecule has 2 aromatic rings. The van der Waals surface area contributed by atoms with E-state index in [9.17, 15) is 14.0 Å². The van der Waals surface area contributed by atoms with Crippen LogP contribution in [0, 0.1) is 11.7 Å². The molecule has 1 N–H and O–H groups in total. The molecule has 0 saturated carbocycles. The molecule has 0 aromatic heterocycles. The minimum atomic E-state index is -0.322. The smallest absolute Gasteiger partial charge is 0.258 e. The minimum Gasteiger partial charge on any atom is -0.493 e. The Labute approximate surface area is 158 Å². The molecule has 27 heavy (non-hydrogen) atoms. The number of benzene rings is 2. The molecule has 0 saturated heterocycles. The second-order valence-electron chi connectivity index (χ2n) is 6.55. The highest BCUT2D eigenvalue weighted by Crippen LogP contribution is 2.28. The largest absolute Gasteiger partial charge is 0.493 e. The van der Waals surface area contributed by atoms with Crippen molar-refractivity contribution in [1.29, 1.82) is 0 Å². The molecule has 6 heteroatoms. The number of carbonyl (C=O) groups excluding carboxylic acids is 2. The molecule has 1 amide bonds. The van der Waals surface area contributed by atoms with Gasteiger partial charge in [-0.05, 0) is 48.7 Å². The van der Waals surface area contributed by atoms with Gasteiger partial charge in [0.15, 0.2) is 23.9 Å². The molecule has 0 heterocycles. The van der Waals surface area contributed by atoms with Crippen molar-refractivity contribution in [3.8, 4) is 11.5 Å². The van der Waals surface area contributed by atoms with Crippen molar-refractivity contribution >= 4 is 11.7 Å². The first-order chi connectivity index (χ1) is 12.8. The molecular weight excluding hydrogens is 349 g/mol. The lowest BCUT2D eigenvalue weighted by Gasteiger charge is -2.23. The lowest BCUT2D eigenvalue weighted by molar-refractivity contribution is -0.124. The molecule has 0 unspecified atom stereocenters. The van der Waals surface area contributed by atoms with Crippen LogP contribution in [0.3, 0.4) is 0 Å². The van der Waals surface area contributed by atoms with Crippen molar-refractivity contribution in [2.75, 3.05) is 13.7 Å². The summed E-state index contributed by atoms with van der Waals surface area (Å²) in [5.41, 5.74) is 1.32. The third kappa shape index (κ3) is 5.54. The predicted octanol–water partition coefficient (Wildman–Crippen LogP) is 3.93. The maximum absolute atomic E-state index is 13.1. The summed E-state index contributed by atoms with van der Waals surface area (Å²) >= 11 is 0. The van der Waals surface area contributed by atoms with E-state index in [-0.39, 0.29) is 36.1 Å². The summed E-state index contributed by atoms with van der Waals surface area (Å²) in [6.07, 6.45) is 0. The van der Waals surface area contributed by atoms with Gasteiger partial charge in [0, 0.05) is 5.56 Å². The molecule has 0 spiro atoms. The van der Waals surface area contributed by atoms with Crippen LogP contribution in [0.5, 0.6) is 11.5 Å². The fraction of sp³-hybridized carbons (Fsp3) is 0.333. The number of nitrogens with one attached hydrogen (secondary N) is 1. The van der Waals surface area contributed by atoms with Crippen molar-refractivity contribution in [3.05, 3.63) is 59.4 Å². The Morgan fingerprint density at radius 2 is 1.74 bits per heavy atom. The van der Waals surface area contributed by atoms with Gasteiger partial charge in [-0.2, -0.15) is 0 Å². The number of hydrogen-bond acceptors (Lipinski definition) is 4. The van der Waals surface area contributed by atoms with Gasteiger partial charge in [0.25, 0.3) is 5.91 Å². The molecule has 0 bridgehead atoms. The second-order valence-corrected chi connectivity index (χ2v) is 6.55. The summed E-state index contributed by atoms with van der Waals surface area (Å²) in [7, 11) is 1.47. The maximum atomic E-state index is 13.1. The number of halogens is 1.